The summed E-state index contributed by atoms with van der Waals surface area (Å²) >= 11 is 5.62. The van der Waals surface area contributed by atoms with Crippen molar-refractivity contribution < 1.29 is 4.79 Å². The van der Waals surface area contributed by atoms with Crippen LogP contribution in [0, 0.1) is 5.92 Å². The van der Waals surface area contributed by atoms with Crippen LogP contribution in [0.5, 0.6) is 0 Å². The molecule has 1 unspecified atom stereocenters. The number of alkyl halides is 1. The molecule has 0 radical (unpaired) electrons. The molecule has 0 aliphatic rings. The van der Waals surface area contributed by atoms with Gasteiger partial charge in [-0.05, 0) is 5.92 Å². The monoisotopic (exact) mass is 215 g/mol. The zero-order valence-electron chi connectivity index (χ0n) is 8.33. The summed E-state index contributed by atoms with van der Waals surface area (Å²) in [4.78, 5) is 11.5. The Morgan fingerprint density at radius 1 is 1.79 bits per heavy atom. The highest BCUT2D eigenvalue weighted by atomic mass is 35.5. The summed E-state index contributed by atoms with van der Waals surface area (Å²) in [7, 11) is 1.78. The molecule has 1 aromatic heterocycles. The molecule has 0 saturated heterocycles. The van der Waals surface area contributed by atoms with Gasteiger partial charge in [-0.25, -0.2) is 0 Å². The Labute approximate surface area is 88.2 Å². The van der Waals surface area contributed by atoms with Crippen LogP contribution in [0.4, 0.5) is 0 Å². The van der Waals surface area contributed by atoms with Crippen LogP contribution in [0.25, 0.3) is 0 Å². The van der Waals surface area contributed by atoms with E-state index in [0.717, 1.165) is 0 Å². The maximum absolute atomic E-state index is 11.5. The molecular weight excluding hydrogens is 202 g/mol. The van der Waals surface area contributed by atoms with E-state index < -0.39 is 0 Å². The highest BCUT2D eigenvalue weighted by Gasteiger charge is 2.08. The van der Waals surface area contributed by atoms with Gasteiger partial charge in [0.25, 0.3) is 5.91 Å². The van der Waals surface area contributed by atoms with Crippen LogP contribution in [0.15, 0.2) is 12.4 Å². The number of nitrogens with zero attached hydrogens (tertiary/aromatic N) is 2. The number of carbonyl (C=O) groups excluding carboxylic acids is 1. The minimum Gasteiger partial charge on any atom is -0.352 e. The standard InChI is InChI=1S/C9H14ClN3O/c1-7(3-10)4-11-9(14)8-5-12-13(2)6-8/h5-7H,3-4H2,1-2H3,(H,11,14). The summed E-state index contributed by atoms with van der Waals surface area (Å²) in [5.74, 6) is 0.736. The van der Waals surface area contributed by atoms with E-state index in [9.17, 15) is 4.79 Å². The number of nitrogens with one attached hydrogen (secondary N) is 1. The van der Waals surface area contributed by atoms with Crippen molar-refractivity contribution in [1.29, 1.82) is 0 Å². The van der Waals surface area contributed by atoms with E-state index in [1.807, 2.05) is 6.92 Å². The summed E-state index contributed by atoms with van der Waals surface area (Å²) < 4.78 is 1.60. The van der Waals surface area contributed by atoms with Crippen molar-refractivity contribution in [2.24, 2.45) is 13.0 Å². The number of halogens is 1. The molecular formula is C9H14ClN3O. The van der Waals surface area contributed by atoms with Gasteiger partial charge in [-0.3, -0.25) is 9.48 Å². The first-order chi connectivity index (χ1) is 6.63. The van der Waals surface area contributed by atoms with Crippen molar-refractivity contribution in [3.05, 3.63) is 18.0 Å². The van der Waals surface area contributed by atoms with Crippen molar-refractivity contribution in [2.75, 3.05) is 12.4 Å². The molecule has 1 aromatic rings. The second kappa shape index (κ2) is 5.00. The number of rotatable bonds is 4. The second-order valence-corrected chi connectivity index (χ2v) is 3.68. The lowest BCUT2D eigenvalue weighted by Crippen LogP contribution is -2.28. The minimum atomic E-state index is -0.102. The van der Waals surface area contributed by atoms with Crippen LogP contribution in [-0.2, 0) is 7.05 Å². The highest BCUT2D eigenvalue weighted by molar-refractivity contribution is 6.18. The highest BCUT2D eigenvalue weighted by Crippen LogP contribution is 1.98. The van der Waals surface area contributed by atoms with Crippen LogP contribution in [-0.4, -0.2) is 28.1 Å². The van der Waals surface area contributed by atoms with E-state index in [1.54, 1.807) is 24.1 Å². The van der Waals surface area contributed by atoms with E-state index in [1.165, 1.54) is 0 Å². The van der Waals surface area contributed by atoms with Gasteiger partial charge in [0, 0.05) is 25.7 Å². The summed E-state index contributed by atoms with van der Waals surface area (Å²) in [6.45, 7) is 2.58. The van der Waals surface area contributed by atoms with Crippen molar-refractivity contribution in [2.45, 2.75) is 6.92 Å². The second-order valence-electron chi connectivity index (χ2n) is 3.37. The van der Waals surface area contributed by atoms with E-state index in [4.69, 9.17) is 11.6 Å². The molecule has 5 heteroatoms. The minimum absolute atomic E-state index is 0.102. The molecule has 1 heterocycles. The number of aryl methyl sites for hydroxylation is 1. The molecule has 1 N–H and O–H groups in total. The van der Waals surface area contributed by atoms with Gasteiger partial charge in [0.05, 0.1) is 11.8 Å². The van der Waals surface area contributed by atoms with E-state index in [-0.39, 0.29) is 11.8 Å². The van der Waals surface area contributed by atoms with Gasteiger partial charge in [-0.1, -0.05) is 6.92 Å². The summed E-state index contributed by atoms with van der Waals surface area (Å²) in [5, 5.41) is 6.70. The maximum atomic E-state index is 11.5. The Morgan fingerprint density at radius 3 is 3.00 bits per heavy atom. The normalized spacial score (nSPS) is 12.5. The third-order valence-electron chi connectivity index (χ3n) is 1.84. The van der Waals surface area contributed by atoms with E-state index in [0.29, 0.717) is 18.0 Å². The zero-order valence-corrected chi connectivity index (χ0v) is 9.08. The average Bonchev–Trinajstić information content (AvgIpc) is 2.60. The molecule has 0 bridgehead atoms. The molecule has 1 rings (SSSR count). The van der Waals surface area contributed by atoms with Gasteiger partial charge in [0.15, 0.2) is 0 Å². The van der Waals surface area contributed by atoms with Crippen LogP contribution in [0.2, 0.25) is 0 Å². The topological polar surface area (TPSA) is 46.9 Å². The smallest absolute Gasteiger partial charge is 0.254 e. The number of aromatic nitrogens is 2. The predicted octanol–water partition coefficient (Wildman–Crippen LogP) is 1.02. The summed E-state index contributed by atoms with van der Waals surface area (Å²) in [6.07, 6.45) is 3.22. The Hall–Kier alpha value is -1.03. The number of carbonyl (C=O) groups is 1. The Kier molecular flexibility index (Phi) is 3.95. The van der Waals surface area contributed by atoms with Crippen molar-refractivity contribution in [1.82, 2.24) is 15.1 Å². The largest absolute Gasteiger partial charge is 0.352 e. The Balaban J connectivity index is 2.43. The molecule has 0 saturated carbocycles. The fourth-order valence-electron chi connectivity index (χ4n) is 0.962. The van der Waals surface area contributed by atoms with Crippen LogP contribution in [0.1, 0.15) is 17.3 Å². The number of amides is 1. The Morgan fingerprint density at radius 2 is 2.50 bits per heavy atom. The molecule has 0 aliphatic carbocycles. The van der Waals surface area contributed by atoms with Crippen molar-refractivity contribution in [3.63, 3.8) is 0 Å². The van der Waals surface area contributed by atoms with Crippen LogP contribution >= 0.6 is 11.6 Å². The molecule has 0 spiro atoms. The van der Waals surface area contributed by atoms with Gasteiger partial charge < -0.3 is 5.32 Å². The van der Waals surface area contributed by atoms with Gasteiger partial charge in [-0.15, -0.1) is 11.6 Å². The van der Waals surface area contributed by atoms with Crippen LogP contribution < -0.4 is 5.32 Å². The molecule has 0 aliphatic heterocycles. The molecule has 0 aromatic carbocycles. The molecule has 1 amide bonds. The molecule has 4 nitrogen and oxygen atoms in total. The molecule has 78 valence electrons. The maximum Gasteiger partial charge on any atom is 0.254 e. The lowest BCUT2D eigenvalue weighted by Gasteiger charge is -2.07. The van der Waals surface area contributed by atoms with Crippen LogP contribution in [0.3, 0.4) is 0 Å². The van der Waals surface area contributed by atoms with Gasteiger partial charge >= 0.3 is 0 Å². The zero-order chi connectivity index (χ0) is 10.6. The first-order valence-electron chi connectivity index (χ1n) is 4.46. The SMILES string of the molecule is CC(CCl)CNC(=O)c1cnn(C)c1. The summed E-state index contributed by atoms with van der Waals surface area (Å²) in [5.41, 5.74) is 0.578. The number of hydrogen-bond donors (Lipinski definition) is 1. The fraction of sp³-hybridized carbons (Fsp3) is 0.556. The van der Waals surface area contributed by atoms with E-state index in [2.05, 4.69) is 10.4 Å². The predicted molar refractivity (Wildman–Crippen MR) is 55.4 cm³/mol. The average molecular weight is 216 g/mol. The molecule has 14 heavy (non-hydrogen) atoms. The van der Waals surface area contributed by atoms with Crippen molar-refractivity contribution in [3.8, 4) is 0 Å². The van der Waals surface area contributed by atoms with Crippen molar-refractivity contribution >= 4 is 17.5 Å². The fourth-order valence-corrected chi connectivity index (χ4v) is 1.07. The first kappa shape index (κ1) is 11.0. The number of hydrogen-bond acceptors (Lipinski definition) is 2. The van der Waals surface area contributed by atoms with Gasteiger partial charge in [-0.2, -0.15) is 5.10 Å². The molecule has 1 atom stereocenters. The summed E-state index contributed by atoms with van der Waals surface area (Å²) in [6, 6.07) is 0. The molecule has 0 fully saturated rings. The third kappa shape index (κ3) is 3.03. The van der Waals surface area contributed by atoms with Gasteiger partial charge in [0.1, 0.15) is 0 Å². The lowest BCUT2D eigenvalue weighted by molar-refractivity contribution is 0.0949. The Bertz CT molecular complexity index is 311. The van der Waals surface area contributed by atoms with E-state index >= 15 is 0 Å². The quantitative estimate of drug-likeness (QED) is 0.763. The first-order valence-corrected chi connectivity index (χ1v) is 4.99. The van der Waals surface area contributed by atoms with Gasteiger partial charge in [0.2, 0.25) is 0 Å². The lowest BCUT2D eigenvalue weighted by atomic mass is 10.2. The third-order valence-corrected chi connectivity index (χ3v) is 2.37.